The Bertz CT molecular complexity index is 702. The number of sulfonamides is 1. The number of sulfone groups is 1. The Balaban J connectivity index is 2.34. The molecule has 0 spiro atoms. The number of hydrogen-bond acceptors (Lipinski definition) is 4. The van der Waals surface area contributed by atoms with Gasteiger partial charge in [-0.1, -0.05) is 13.8 Å². The van der Waals surface area contributed by atoms with E-state index in [-0.39, 0.29) is 21.8 Å². The lowest BCUT2D eigenvalue weighted by Crippen LogP contribution is -2.36. The van der Waals surface area contributed by atoms with Crippen LogP contribution in [0.15, 0.2) is 34.1 Å². The van der Waals surface area contributed by atoms with E-state index >= 15 is 0 Å². The monoisotopic (exact) mass is 331 g/mol. The summed E-state index contributed by atoms with van der Waals surface area (Å²) in [5, 5.41) is 0. The van der Waals surface area contributed by atoms with Crippen molar-refractivity contribution >= 4 is 19.9 Å². The topological polar surface area (TPSA) is 71.5 Å². The molecule has 0 radical (unpaired) electrons. The van der Waals surface area contributed by atoms with Crippen molar-refractivity contribution in [2.45, 2.75) is 42.5 Å². The molecule has 0 aliphatic heterocycles. The predicted molar refractivity (Wildman–Crippen MR) is 81.3 cm³/mol. The van der Waals surface area contributed by atoms with Gasteiger partial charge in [0.05, 0.1) is 9.79 Å². The van der Waals surface area contributed by atoms with Gasteiger partial charge in [0, 0.05) is 18.8 Å². The van der Waals surface area contributed by atoms with E-state index in [1.807, 2.05) is 13.8 Å². The maximum absolute atomic E-state index is 12.7. The highest BCUT2D eigenvalue weighted by Crippen LogP contribution is 2.32. The van der Waals surface area contributed by atoms with E-state index in [2.05, 4.69) is 0 Å². The molecule has 118 valence electrons. The lowest BCUT2D eigenvalue weighted by molar-refractivity contribution is 0.360. The Hall–Kier alpha value is -0.920. The third-order valence-corrected chi connectivity index (χ3v) is 6.42. The summed E-state index contributed by atoms with van der Waals surface area (Å²) >= 11 is 0. The molecule has 1 aromatic carbocycles. The van der Waals surface area contributed by atoms with E-state index in [4.69, 9.17) is 0 Å². The van der Waals surface area contributed by atoms with Crippen LogP contribution in [0.1, 0.15) is 26.7 Å². The minimum absolute atomic E-state index is 0.0898. The van der Waals surface area contributed by atoms with Crippen LogP contribution >= 0.6 is 0 Å². The van der Waals surface area contributed by atoms with E-state index in [0.717, 1.165) is 19.1 Å². The number of benzene rings is 1. The second kappa shape index (κ2) is 5.70. The van der Waals surface area contributed by atoms with E-state index in [1.54, 1.807) is 4.31 Å². The van der Waals surface area contributed by atoms with Gasteiger partial charge in [0.1, 0.15) is 0 Å². The third kappa shape index (κ3) is 3.84. The van der Waals surface area contributed by atoms with Crippen LogP contribution in [0, 0.1) is 5.92 Å². The van der Waals surface area contributed by atoms with E-state index in [9.17, 15) is 16.8 Å². The molecule has 0 saturated heterocycles. The largest absolute Gasteiger partial charge is 0.243 e. The molecule has 0 aromatic heterocycles. The van der Waals surface area contributed by atoms with Crippen molar-refractivity contribution in [3.05, 3.63) is 24.3 Å². The molecular weight excluding hydrogens is 310 g/mol. The number of hydrogen-bond donors (Lipinski definition) is 0. The summed E-state index contributed by atoms with van der Waals surface area (Å²) in [4.78, 5) is 0.283. The first kappa shape index (κ1) is 16.5. The molecule has 1 fully saturated rings. The second-order valence-electron chi connectivity index (χ2n) is 5.94. The predicted octanol–water partition coefficient (Wildman–Crippen LogP) is 1.90. The van der Waals surface area contributed by atoms with Crippen molar-refractivity contribution in [2.24, 2.45) is 5.92 Å². The molecule has 0 unspecified atom stereocenters. The van der Waals surface area contributed by atoms with Gasteiger partial charge in [-0.05, 0) is 43.0 Å². The molecule has 0 N–H and O–H groups in total. The summed E-state index contributed by atoms with van der Waals surface area (Å²) in [6.45, 7) is 4.45. The highest BCUT2D eigenvalue weighted by atomic mass is 32.2. The van der Waals surface area contributed by atoms with Crippen molar-refractivity contribution in [3.8, 4) is 0 Å². The lowest BCUT2D eigenvalue weighted by atomic mass is 10.2. The van der Waals surface area contributed by atoms with Gasteiger partial charge in [0.25, 0.3) is 0 Å². The van der Waals surface area contributed by atoms with Crippen LogP contribution in [0.5, 0.6) is 0 Å². The molecule has 7 heteroatoms. The Morgan fingerprint density at radius 1 is 1.05 bits per heavy atom. The molecule has 1 aromatic rings. The summed E-state index contributed by atoms with van der Waals surface area (Å²) in [6.07, 6.45) is 2.90. The molecule has 0 heterocycles. The molecule has 0 bridgehead atoms. The first-order valence-corrected chi connectivity index (χ1v) is 10.3. The van der Waals surface area contributed by atoms with Gasteiger partial charge in [-0.25, -0.2) is 16.8 Å². The quantitative estimate of drug-likeness (QED) is 0.798. The minimum Gasteiger partial charge on any atom is -0.224 e. The fraction of sp³-hybridized carbons (Fsp3) is 0.571. The average molecular weight is 331 g/mol. The molecule has 1 aliphatic carbocycles. The SMILES string of the molecule is CC(C)CN(C1CC1)S(=O)(=O)c1ccc(S(C)(=O)=O)cc1. The van der Waals surface area contributed by atoms with Crippen molar-refractivity contribution < 1.29 is 16.8 Å². The third-order valence-electron chi connectivity index (χ3n) is 3.36. The summed E-state index contributed by atoms with van der Waals surface area (Å²) < 4.78 is 49.8. The molecule has 0 amide bonds. The first-order chi connectivity index (χ1) is 9.62. The van der Waals surface area contributed by atoms with Crippen molar-refractivity contribution in [1.82, 2.24) is 4.31 Å². The van der Waals surface area contributed by atoms with Gasteiger partial charge in [0.2, 0.25) is 10.0 Å². The highest BCUT2D eigenvalue weighted by molar-refractivity contribution is 7.90. The normalized spacial score (nSPS) is 16.6. The maximum Gasteiger partial charge on any atom is 0.243 e. The first-order valence-electron chi connectivity index (χ1n) is 6.94. The fourth-order valence-corrected chi connectivity index (χ4v) is 4.64. The lowest BCUT2D eigenvalue weighted by Gasteiger charge is -2.23. The molecular formula is C14H21NO4S2. The number of nitrogens with zero attached hydrogens (tertiary/aromatic N) is 1. The van der Waals surface area contributed by atoms with Crippen LogP contribution in [0.4, 0.5) is 0 Å². The van der Waals surface area contributed by atoms with E-state index in [1.165, 1.54) is 24.3 Å². The second-order valence-corrected chi connectivity index (χ2v) is 9.85. The Morgan fingerprint density at radius 3 is 1.90 bits per heavy atom. The summed E-state index contributed by atoms with van der Waals surface area (Å²) in [5.41, 5.74) is 0. The van der Waals surface area contributed by atoms with Crippen LogP contribution in [0.2, 0.25) is 0 Å². The zero-order chi connectivity index (χ0) is 15.8. The van der Waals surface area contributed by atoms with Crippen molar-refractivity contribution in [1.29, 1.82) is 0 Å². The van der Waals surface area contributed by atoms with Gasteiger partial charge >= 0.3 is 0 Å². The molecule has 21 heavy (non-hydrogen) atoms. The summed E-state index contributed by atoms with van der Waals surface area (Å²) in [5.74, 6) is 0.246. The number of rotatable bonds is 6. The Labute approximate surface area is 126 Å². The van der Waals surface area contributed by atoms with Gasteiger partial charge in [-0.3, -0.25) is 0 Å². The van der Waals surface area contributed by atoms with Crippen molar-refractivity contribution in [2.75, 3.05) is 12.8 Å². The zero-order valence-corrected chi connectivity index (χ0v) is 14.1. The van der Waals surface area contributed by atoms with Gasteiger partial charge in [-0.2, -0.15) is 4.31 Å². The van der Waals surface area contributed by atoms with Crippen LogP contribution in [-0.4, -0.2) is 40.0 Å². The molecule has 5 nitrogen and oxygen atoms in total. The smallest absolute Gasteiger partial charge is 0.224 e. The van der Waals surface area contributed by atoms with E-state index in [0.29, 0.717) is 6.54 Å². The molecule has 1 aliphatic rings. The summed E-state index contributed by atoms with van der Waals surface area (Å²) in [6, 6.07) is 5.54. The standard InChI is InChI=1S/C14H21NO4S2/c1-11(2)10-15(12-4-5-12)21(18,19)14-8-6-13(7-9-14)20(3,16)17/h6-9,11-12H,4-5,10H2,1-3H3. The van der Waals surface area contributed by atoms with E-state index < -0.39 is 19.9 Å². The van der Waals surface area contributed by atoms with Crippen LogP contribution < -0.4 is 0 Å². The van der Waals surface area contributed by atoms with Gasteiger partial charge in [0.15, 0.2) is 9.84 Å². The fourth-order valence-electron chi connectivity index (χ4n) is 2.16. The van der Waals surface area contributed by atoms with Gasteiger partial charge < -0.3 is 0 Å². The molecule has 0 atom stereocenters. The summed E-state index contributed by atoms with van der Waals surface area (Å²) in [7, 11) is -6.87. The minimum atomic E-state index is -3.56. The molecule has 1 saturated carbocycles. The average Bonchev–Trinajstić information content (AvgIpc) is 3.19. The van der Waals surface area contributed by atoms with Crippen LogP contribution in [-0.2, 0) is 19.9 Å². The molecule has 2 rings (SSSR count). The van der Waals surface area contributed by atoms with Gasteiger partial charge in [-0.15, -0.1) is 0 Å². The maximum atomic E-state index is 12.7. The zero-order valence-electron chi connectivity index (χ0n) is 12.5. The van der Waals surface area contributed by atoms with Crippen LogP contribution in [0.3, 0.4) is 0 Å². The Morgan fingerprint density at radius 2 is 1.52 bits per heavy atom. The highest BCUT2D eigenvalue weighted by Gasteiger charge is 2.38. The van der Waals surface area contributed by atoms with Crippen LogP contribution in [0.25, 0.3) is 0 Å². The Kier molecular flexibility index (Phi) is 4.46. The van der Waals surface area contributed by atoms with Crippen molar-refractivity contribution in [3.63, 3.8) is 0 Å².